The minimum absolute atomic E-state index is 0.200. The van der Waals surface area contributed by atoms with Crippen LogP contribution in [0, 0.1) is 5.82 Å². The average Bonchev–Trinajstić information content (AvgIpc) is 3.92. The molecule has 0 bridgehead atoms. The molecule has 0 amide bonds. The summed E-state index contributed by atoms with van der Waals surface area (Å²) >= 11 is 2.03. The SMILES string of the molecule is CNc1nc(NC(C)c2cc(C(F)(F)F)cs2)c2cc(N3CCOCC3)ncc2n1.CNc1nc(NC(C)c2scc(C(F)F)c2F)c2cc(N3CCOCC3)ncc2n1. The highest BCUT2D eigenvalue weighted by atomic mass is 32.1. The standard InChI is InChI=1S/2C19H21F3N6OS/c1-11(15-7-12(10-30-15)19(20,21)22)25-17-13-8-16(28-3-5-29-6-4-28)24-9-14(13)26-18(23-2)27-17;1-10(16-15(20)12(9-30-16)17(21)22)25-18-11-7-14(28-3-5-29-6-4-28)24-8-13(11)26-19(23-2)27-18/h7-11H,3-6H2,1-2H3,(H2,23,25,26,27);7-10,17H,3-6H2,1-2H3,(H2,23,25,26,27). The number of pyridine rings is 2. The lowest BCUT2D eigenvalue weighted by Crippen LogP contribution is -2.36. The predicted octanol–water partition coefficient (Wildman–Crippen LogP) is 8.37. The molecular weight excluding hydrogens is 835 g/mol. The third kappa shape index (κ3) is 9.66. The first kappa shape index (κ1) is 42.8. The van der Waals surface area contributed by atoms with Gasteiger partial charge in [0, 0.05) is 66.7 Å². The normalized spacial score (nSPS) is 15.8. The lowest BCUT2D eigenvalue weighted by molar-refractivity contribution is -0.137. The molecule has 2 aliphatic heterocycles. The van der Waals surface area contributed by atoms with E-state index < -0.39 is 35.6 Å². The highest BCUT2D eigenvalue weighted by molar-refractivity contribution is 7.10. The Morgan fingerprint density at radius 3 is 1.63 bits per heavy atom. The van der Waals surface area contributed by atoms with Crippen LogP contribution < -0.4 is 31.1 Å². The molecule has 2 saturated heterocycles. The molecule has 2 atom stereocenters. The van der Waals surface area contributed by atoms with E-state index in [1.165, 1.54) is 6.07 Å². The van der Waals surface area contributed by atoms with E-state index in [1.807, 2.05) is 19.1 Å². The number of hydrogen-bond donors (Lipinski definition) is 4. The molecule has 2 fully saturated rings. The largest absolute Gasteiger partial charge is 0.417 e. The Kier molecular flexibility index (Phi) is 13.2. The molecule has 8 heterocycles. The van der Waals surface area contributed by atoms with Crippen molar-refractivity contribution in [1.82, 2.24) is 29.9 Å². The number of hydrogen-bond acceptors (Lipinski definition) is 16. The summed E-state index contributed by atoms with van der Waals surface area (Å²) in [6.45, 7) is 8.97. The molecule has 2 unspecified atom stereocenters. The van der Waals surface area contributed by atoms with Crippen molar-refractivity contribution in [2.24, 2.45) is 0 Å². The molecule has 2 aliphatic rings. The molecule has 22 heteroatoms. The summed E-state index contributed by atoms with van der Waals surface area (Å²) in [4.78, 5) is 31.9. The summed E-state index contributed by atoms with van der Waals surface area (Å²) in [6, 6.07) is 4.03. The minimum atomic E-state index is -4.35. The highest BCUT2D eigenvalue weighted by Crippen LogP contribution is 2.38. The summed E-state index contributed by atoms with van der Waals surface area (Å²) in [6.07, 6.45) is -3.85. The van der Waals surface area contributed by atoms with Crippen molar-refractivity contribution in [3.8, 4) is 0 Å². The molecule has 8 rings (SSSR count). The van der Waals surface area contributed by atoms with Gasteiger partial charge in [0.25, 0.3) is 6.43 Å². The fourth-order valence-corrected chi connectivity index (χ4v) is 8.37. The van der Waals surface area contributed by atoms with Crippen LogP contribution in [0.15, 0.2) is 41.4 Å². The molecule has 320 valence electrons. The van der Waals surface area contributed by atoms with Crippen LogP contribution >= 0.6 is 22.7 Å². The number of rotatable bonds is 11. The Labute approximate surface area is 348 Å². The summed E-state index contributed by atoms with van der Waals surface area (Å²) < 4.78 is 90.0. The van der Waals surface area contributed by atoms with Crippen LogP contribution in [0.2, 0.25) is 0 Å². The van der Waals surface area contributed by atoms with Crippen LogP contribution in [0.25, 0.3) is 21.8 Å². The number of ether oxygens (including phenoxy) is 2. The Bertz CT molecular complexity index is 2410. The third-order valence-electron chi connectivity index (χ3n) is 9.74. The first-order valence-electron chi connectivity index (χ1n) is 18.9. The number of alkyl halides is 5. The maximum Gasteiger partial charge on any atom is 0.417 e. The van der Waals surface area contributed by atoms with Gasteiger partial charge in [0.2, 0.25) is 11.9 Å². The van der Waals surface area contributed by atoms with Crippen molar-refractivity contribution < 1.29 is 35.8 Å². The monoisotopic (exact) mass is 876 g/mol. The van der Waals surface area contributed by atoms with Crippen molar-refractivity contribution in [3.05, 3.63) is 68.1 Å². The van der Waals surface area contributed by atoms with Gasteiger partial charge in [-0.1, -0.05) is 0 Å². The number of anilines is 6. The van der Waals surface area contributed by atoms with Gasteiger partial charge in [-0.05, 0) is 32.0 Å². The van der Waals surface area contributed by atoms with Crippen LogP contribution in [0.5, 0.6) is 0 Å². The van der Waals surface area contributed by atoms with Crippen LogP contribution in [0.4, 0.5) is 61.5 Å². The summed E-state index contributed by atoms with van der Waals surface area (Å²) in [5.41, 5.74) is 0.0357. The summed E-state index contributed by atoms with van der Waals surface area (Å²) in [7, 11) is 3.40. The van der Waals surface area contributed by atoms with Crippen LogP contribution in [-0.4, -0.2) is 96.6 Å². The number of fused-ring (bicyclic) bond motifs is 2. The zero-order chi connectivity index (χ0) is 42.6. The topological polar surface area (TPSA) is 150 Å². The van der Waals surface area contributed by atoms with Gasteiger partial charge < -0.3 is 40.5 Å². The fourth-order valence-electron chi connectivity index (χ4n) is 6.50. The molecule has 0 radical (unpaired) electrons. The second-order valence-corrected chi connectivity index (χ2v) is 15.6. The van der Waals surface area contributed by atoms with Gasteiger partial charge in [0.1, 0.15) is 29.1 Å². The first-order valence-corrected chi connectivity index (χ1v) is 20.7. The number of thiophene rings is 2. The number of aromatic nitrogens is 6. The molecule has 0 saturated carbocycles. The molecule has 60 heavy (non-hydrogen) atoms. The Morgan fingerprint density at radius 1 is 0.700 bits per heavy atom. The average molecular weight is 877 g/mol. The second-order valence-electron chi connectivity index (χ2n) is 13.7. The smallest absolute Gasteiger partial charge is 0.378 e. The minimum Gasteiger partial charge on any atom is -0.378 e. The van der Waals surface area contributed by atoms with E-state index in [0.717, 1.165) is 76.6 Å². The number of nitrogens with zero attached hydrogens (tertiary/aromatic N) is 8. The predicted molar refractivity (Wildman–Crippen MR) is 222 cm³/mol. The quantitative estimate of drug-likeness (QED) is 0.0923. The fraction of sp³-hybridized carbons (Fsp3) is 0.421. The Balaban J connectivity index is 0.000000181. The van der Waals surface area contributed by atoms with Crippen LogP contribution in [0.1, 0.15) is 53.2 Å². The van der Waals surface area contributed by atoms with Crippen molar-refractivity contribution in [2.45, 2.75) is 38.5 Å². The zero-order valence-corrected chi connectivity index (χ0v) is 34.5. The van der Waals surface area contributed by atoms with E-state index in [1.54, 1.807) is 33.4 Å². The maximum atomic E-state index is 14.4. The van der Waals surface area contributed by atoms with Crippen molar-refractivity contribution in [3.63, 3.8) is 0 Å². The number of nitrogens with one attached hydrogen (secondary N) is 4. The van der Waals surface area contributed by atoms with E-state index in [9.17, 15) is 26.3 Å². The van der Waals surface area contributed by atoms with Gasteiger partial charge in [0.05, 0.1) is 77.9 Å². The molecule has 14 nitrogen and oxygen atoms in total. The van der Waals surface area contributed by atoms with E-state index in [-0.39, 0.29) is 10.9 Å². The van der Waals surface area contributed by atoms with Gasteiger partial charge in [-0.2, -0.15) is 23.1 Å². The Hall–Kier alpha value is -5.32. The molecule has 0 aliphatic carbocycles. The number of morpholine rings is 2. The van der Waals surface area contributed by atoms with Gasteiger partial charge >= 0.3 is 6.18 Å². The lowest BCUT2D eigenvalue weighted by atomic mass is 10.2. The van der Waals surface area contributed by atoms with Crippen molar-refractivity contribution in [1.29, 1.82) is 0 Å². The van der Waals surface area contributed by atoms with E-state index in [2.05, 4.69) is 61.0 Å². The molecular formula is C38H42F6N12O2S2. The molecule has 6 aromatic rings. The van der Waals surface area contributed by atoms with E-state index in [0.29, 0.717) is 71.3 Å². The molecule has 0 spiro atoms. The molecule has 4 N–H and O–H groups in total. The van der Waals surface area contributed by atoms with E-state index in [4.69, 9.17) is 9.47 Å². The van der Waals surface area contributed by atoms with Crippen LogP contribution in [0.3, 0.4) is 0 Å². The Morgan fingerprint density at radius 2 is 1.20 bits per heavy atom. The molecule has 6 aromatic heterocycles. The molecule has 0 aromatic carbocycles. The maximum absolute atomic E-state index is 14.4. The van der Waals surface area contributed by atoms with Gasteiger partial charge in [-0.25, -0.2) is 33.1 Å². The van der Waals surface area contributed by atoms with Crippen molar-refractivity contribution in [2.75, 3.05) is 97.8 Å². The number of halogens is 6. The zero-order valence-electron chi connectivity index (χ0n) is 32.9. The van der Waals surface area contributed by atoms with Gasteiger partial charge in [0.15, 0.2) is 0 Å². The first-order chi connectivity index (χ1) is 28.8. The second kappa shape index (κ2) is 18.5. The van der Waals surface area contributed by atoms with E-state index >= 15 is 0 Å². The summed E-state index contributed by atoms with van der Waals surface area (Å²) in [5.74, 6) is 2.47. The van der Waals surface area contributed by atoms with Crippen LogP contribution in [-0.2, 0) is 15.7 Å². The summed E-state index contributed by atoms with van der Waals surface area (Å²) in [5, 5.41) is 16.0. The van der Waals surface area contributed by atoms with Crippen molar-refractivity contribution >= 4 is 79.6 Å². The third-order valence-corrected chi connectivity index (χ3v) is 12.0. The van der Waals surface area contributed by atoms with Gasteiger partial charge in [-0.3, -0.25) is 0 Å². The highest BCUT2D eigenvalue weighted by Gasteiger charge is 2.32. The van der Waals surface area contributed by atoms with Gasteiger partial charge in [-0.15, -0.1) is 22.7 Å². The lowest BCUT2D eigenvalue weighted by Gasteiger charge is -2.28.